The highest BCUT2D eigenvalue weighted by molar-refractivity contribution is 14.1. The fraction of sp³-hybridized carbons (Fsp3) is 0.0769. The average molecular weight is 451 g/mol. The predicted octanol–water partition coefficient (Wildman–Crippen LogP) is 6.94. The van der Waals surface area contributed by atoms with Crippen molar-refractivity contribution in [2.75, 3.05) is 0 Å². The van der Waals surface area contributed by atoms with E-state index < -0.39 is 11.7 Å². The van der Waals surface area contributed by atoms with Gasteiger partial charge < -0.3 is 0 Å². The first-order valence-corrected chi connectivity index (χ1v) is 7.43. The molecule has 0 amide bonds. The van der Waals surface area contributed by atoms with Crippen LogP contribution in [0.4, 0.5) is 13.2 Å². The Morgan fingerprint density at radius 1 is 0.900 bits per heavy atom. The molecule has 0 spiro atoms. The van der Waals surface area contributed by atoms with Gasteiger partial charge in [0.05, 0.1) is 15.6 Å². The Bertz CT molecular complexity index is 669. The van der Waals surface area contributed by atoms with Crippen LogP contribution in [-0.2, 0) is 6.18 Å². The number of hydrogen-bond donors (Lipinski definition) is 0. The molecular formula is C13H5Cl3F3I. The summed E-state index contributed by atoms with van der Waals surface area (Å²) in [6.07, 6.45) is -4.44. The quantitative estimate of drug-likeness (QED) is 0.326. The molecule has 20 heavy (non-hydrogen) atoms. The molecule has 0 nitrogen and oxygen atoms in total. The molecule has 106 valence electrons. The lowest BCUT2D eigenvalue weighted by Gasteiger charge is -2.13. The van der Waals surface area contributed by atoms with Crippen LogP contribution < -0.4 is 0 Å². The van der Waals surface area contributed by atoms with E-state index in [1.165, 1.54) is 24.3 Å². The Hall–Kier alpha value is -0.170. The zero-order chi connectivity index (χ0) is 15.1. The minimum atomic E-state index is -4.44. The van der Waals surface area contributed by atoms with E-state index in [-0.39, 0.29) is 24.2 Å². The van der Waals surface area contributed by atoms with E-state index in [0.29, 0.717) is 5.56 Å². The van der Waals surface area contributed by atoms with E-state index in [1.807, 2.05) is 0 Å². The molecule has 2 aromatic rings. The normalized spacial score (nSPS) is 11.8. The van der Waals surface area contributed by atoms with Crippen LogP contribution in [0.5, 0.6) is 0 Å². The topological polar surface area (TPSA) is 0 Å². The van der Waals surface area contributed by atoms with Crippen molar-refractivity contribution in [2.45, 2.75) is 6.18 Å². The van der Waals surface area contributed by atoms with Gasteiger partial charge in [0.25, 0.3) is 0 Å². The van der Waals surface area contributed by atoms with Crippen LogP contribution >= 0.6 is 57.4 Å². The second-order valence-corrected chi connectivity index (χ2v) is 6.27. The molecule has 2 rings (SSSR count). The number of halogens is 7. The van der Waals surface area contributed by atoms with Crippen LogP contribution in [0.3, 0.4) is 0 Å². The number of benzene rings is 2. The Balaban J connectivity index is 2.69. The van der Waals surface area contributed by atoms with Gasteiger partial charge in [-0.05, 0) is 52.4 Å². The lowest BCUT2D eigenvalue weighted by Crippen LogP contribution is -2.07. The van der Waals surface area contributed by atoms with Crippen molar-refractivity contribution < 1.29 is 13.2 Å². The smallest absolute Gasteiger partial charge is 0.166 e. The van der Waals surface area contributed by atoms with E-state index in [0.717, 1.165) is 6.07 Å². The second-order valence-electron chi connectivity index (χ2n) is 3.91. The monoisotopic (exact) mass is 450 g/mol. The zero-order valence-corrected chi connectivity index (χ0v) is 14.0. The van der Waals surface area contributed by atoms with Crippen LogP contribution in [0.15, 0.2) is 30.3 Å². The highest BCUT2D eigenvalue weighted by Gasteiger charge is 2.33. The Morgan fingerprint density at radius 3 is 2.10 bits per heavy atom. The van der Waals surface area contributed by atoms with Crippen molar-refractivity contribution in [3.63, 3.8) is 0 Å². The summed E-state index contributed by atoms with van der Waals surface area (Å²) in [6, 6.07) is 6.90. The highest BCUT2D eigenvalue weighted by atomic mass is 127. The molecule has 0 fully saturated rings. The molecule has 0 bridgehead atoms. The molecule has 0 radical (unpaired) electrons. The van der Waals surface area contributed by atoms with Crippen molar-refractivity contribution >= 4 is 57.4 Å². The highest BCUT2D eigenvalue weighted by Crippen LogP contribution is 2.42. The fourth-order valence-corrected chi connectivity index (χ4v) is 3.08. The summed E-state index contributed by atoms with van der Waals surface area (Å²) in [5, 5.41) is 0.611. The van der Waals surface area contributed by atoms with Crippen molar-refractivity contribution in [3.05, 3.63) is 54.5 Å². The van der Waals surface area contributed by atoms with Gasteiger partial charge in [-0.1, -0.05) is 40.9 Å². The fourth-order valence-electron chi connectivity index (χ4n) is 1.69. The maximum atomic E-state index is 12.9. The SMILES string of the molecule is FC(F)(F)c1cc(-c2c(Cl)ccc(Cl)c2Cl)ccc1I. The number of rotatable bonds is 1. The third-order valence-corrected chi connectivity index (χ3v) is 4.66. The first-order valence-electron chi connectivity index (χ1n) is 5.22. The van der Waals surface area contributed by atoms with Gasteiger partial charge in [0, 0.05) is 14.2 Å². The summed E-state index contributed by atoms with van der Waals surface area (Å²) in [5.74, 6) is 0. The van der Waals surface area contributed by atoms with Gasteiger partial charge in [-0.15, -0.1) is 0 Å². The maximum absolute atomic E-state index is 12.9. The summed E-state index contributed by atoms with van der Waals surface area (Å²) >= 11 is 19.6. The van der Waals surface area contributed by atoms with Gasteiger partial charge in [0.1, 0.15) is 0 Å². The molecule has 0 aromatic heterocycles. The number of hydrogen-bond acceptors (Lipinski definition) is 0. The van der Waals surface area contributed by atoms with Gasteiger partial charge in [-0.2, -0.15) is 13.2 Å². The van der Waals surface area contributed by atoms with E-state index in [2.05, 4.69) is 0 Å². The summed E-state index contributed by atoms with van der Waals surface area (Å²) in [4.78, 5) is 0. The van der Waals surface area contributed by atoms with E-state index in [9.17, 15) is 13.2 Å². The molecule has 0 aliphatic heterocycles. The third kappa shape index (κ3) is 3.18. The maximum Gasteiger partial charge on any atom is 0.417 e. The van der Waals surface area contributed by atoms with E-state index in [1.54, 1.807) is 22.6 Å². The van der Waals surface area contributed by atoms with Crippen LogP contribution in [0, 0.1) is 3.57 Å². The second kappa shape index (κ2) is 5.91. The Morgan fingerprint density at radius 2 is 1.50 bits per heavy atom. The van der Waals surface area contributed by atoms with Gasteiger partial charge in [-0.25, -0.2) is 0 Å². The molecule has 7 heteroatoms. The molecular weight excluding hydrogens is 446 g/mol. The molecule has 0 saturated carbocycles. The van der Waals surface area contributed by atoms with Crippen LogP contribution in [-0.4, -0.2) is 0 Å². The standard InChI is InChI=1S/C13H5Cl3F3I/c14-8-2-3-9(15)12(16)11(8)6-1-4-10(20)7(5-6)13(17,18)19/h1-5H. The largest absolute Gasteiger partial charge is 0.417 e. The van der Waals surface area contributed by atoms with Crippen LogP contribution in [0.2, 0.25) is 15.1 Å². The molecule has 0 atom stereocenters. The molecule has 0 aliphatic rings. The van der Waals surface area contributed by atoms with Gasteiger partial charge in [-0.3, -0.25) is 0 Å². The van der Waals surface area contributed by atoms with Gasteiger partial charge in [0.15, 0.2) is 0 Å². The minimum Gasteiger partial charge on any atom is -0.166 e. The minimum absolute atomic E-state index is 0.105. The molecule has 2 aromatic carbocycles. The lowest BCUT2D eigenvalue weighted by molar-refractivity contribution is -0.138. The van der Waals surface area contributed by atoms with Crippen LogP contribution in [0.25, 0.3) is 11.1 Å². The van der Waals surface area contributed by atoms with Gasteiger partial charge >= 0.3 is 6.18 Å². The zero-order valence-electron chi connectivity index (χ0n) is 9.53. The van der Waals surface area contributed by atoms with Crippen molar-refractivity contribution in [1.29, 1.82) is 0 Å². The molecule has 0 heterocycles. The van der Waals surface area contributed by atoms with Crippen molar-refractivity contribution in [1.82, 2.24) is 0 Å². The summed E-state index contributed by atoms with van der Waals surface area (Å²) in [5.41, 5.74) is -0.166. The summed E-state index contributed by atoms with van der Waals surface area (Å²) in [7, 11) is 0. The average Bonchev–Trinajstić information content (AvgIpc) is 2.35. The van der Waals surface area contributed by atoms with Crippen LogP contribution in [0.1, 0.15) is 5.56 Å². The number of alkyl halides is 3. The van der Waals surface area contributed by atoms with E-state index in [4.69, 9.17) is 34.8 Å². The van der Waals surface area contributed by atoms with Crippen molar-refractivity contribution in [2.24, 2.45) is 0 Å². The first-order chi connectivity index (χ1) is 9.21. The Kier molecular flexibility index (Phi) is 4.79. The molecule has 0 aliphatic carbocycles. The molecule has 0 saturated heterocycles. The Labute approximate surface area is 142 Å². The summed E-state index contributed by atoms with van der Waals surface area (Å²) in [6.45, 7) is 0. The van der Waals surface area contributed by atoms with E-state index >= 15 is 0 Å². The summed E-state index contributed by atoms with van der Waals surface area (Å²) < 4.78 is 38.9. The van der Waals surface area contributed by atoms with Crippen molar-refractivity contribution in [3.8, 4) is 11.1 Å². The predicted molar refractivity (Wildman–Crippen MR) is 84.6 cm³/mol. The lowest BCUT2D eigenvalue weighted by atomic mass is 10.0. The molecule has 0 unspecified atom stereocenters. The van der Waals surface area contributed by atoms with Gasteiger partial charge in [0.2, 0.25) is 0 Å². The third-order valence-electron chi connectivity index (χ3n) is 2.60. The first kappa shape index (κ1) is 16.2. The molecule has 0 N–H and O–H groups in total.